The van der Waals surface area contributed by atoms with Crippen LogP contribution in [0, 0.1) is 13.8 Å². The highest BCUT2D eigenvalue weighted by molar-refractivity contribution is 5.81. The third kappa shape index (κ3) is 3.79. The molecule has 1 saturated heterocycles. The molecule has 140 valence electrons. The molecule has 3 heterocycles. The molecule has 2 aromatic heterocycles. The van der Waals surface area contributed by atoms with Crippen LogP contribution in [0.4, 0.5) is 0 Å². The molecule has 1 aliphatic heterocycles. The normalized spacial score (nSPS) is 16.4. The lowest BCUT2D eigenvalue weighted by atomic mass is 10.1. The number of carbonyl (C=O) groups is 2. The molecule has 1 N–H and O–H groups in total. The van der Waals surface area contributed by atoms with Gasteiger partial charge in [-0.15, -0.1) is 0 Å². The Balaban J connectivity index is 1.59. The van der Waals surface area contributed by atoms with Crippen molar-refractivity contribution in [2.24, 2.45) is 0 Å². The first-order valence-corrected chi connectivity index (χ1v) is 9.03. The monoisotopic (exact) mass is 358 g/mol. The zero-order valence-electron chi connectivity index (χ0n) is 15.6. The van der Waals surface area contributed by atoms with Crippen LogP contribution < -0.4 is 0 Å². The van der Waals surface area contributed by atoms with Crippen molar-refractivity contribution in [3.05, 3.63) is 35.4 Å². The molecule has 1 unspecified atom stereocenters. The van der Waals surface area contributed by atoms with Gasteiger partial charge in [0, 0.05) is 49.8 Å². The van der Waals surface area contributed by atoms with Gasteiger partial charge in [0.25, 0.3) is 0 Å². The van der Waals surface area contributed by atoms with E-state index >= 15 is 0 Å². The fourth-order valence-corrected chi connectivity index (χ4v) is 3.37. The second-order valence-electron chi connectivity index (χ2n) is 6.81. The van der Waals surface area contributed by atoms with Crippen molar-refractivity contribution in [1.82, 2.24) is 29.8 Å². The molecule has 0 aromatic carbocycles. The molecule has 1 atom stereocenters. The summed E-state index contributed by atoms with van der Waals surface area (Å²) in [5.41, 5.74) is 2.78. The molecule has 2 amide bonds. The number of rotatable bonds is 4. The van der Waals surface area contributed by atoms with Crippen LogP contribution in [0.3, 0.4) is 0 Å². The lowest BCUT2D eigenvalue weighted by Gasteiger charge is -2.25. The maximum atomic E-state index is 12.7. The molecule has 1 fully saturated rings. The van der Waals surface area contributed by atoms with E-state index in [1.165, 1.54) is 0 Å². The minimum absolute atomic E-state index is 0.0459. The first-order chi connectivity index (χ1) is 12.5. The largest absolute Gasteiger partial charge is 0.341 e. The number of amides is 2. The minimum Gasteiger partial charge on any atom is -0.341 e. The van der Waals surface area contributed by atoms with E-state index in [1.54, 1.807) is 17.1 Å². The quantitative estimate of drug-likeness (QED) is 0.886. The molecule has 0 aliphatic carbocycles. The lowest BCUT2D eigenvalue weighted by Crippen LogP contribution is -2.40. The molecule has 8 nitrogen and oxygen atoms in total. The van der Waals surface area contributed by atoms with Crippen LogP contribution >= 0.6 is 0 Å². The van der Waals surface area contributed by atoms with Crippen LogP contribution in [0.5, 0.6) is 0 Å². The van der Waals surface area contributed by atoms with Gasteiger partial charge in [-0.2, -0.15) is 10.2 Å². The third-order valence-corrected chi connectivity index (χ3v) is 5.05. The van der Waals surface area contributed by atoms with E-state index in [0.29, 0.717) is 32.6 Å². The van der Waals surface area contributed by atoms with Crippen molar-refractivity contribution in [2.75, 3.05) is 26.2 Å². The molecule has 1 aliphatic rings. The number of hydrogen-bond donors (Lipinski definition) is 1. The number of aromatic nitrogens is 4. The molecule has 0 saturated carbocycles. The SMILES string of the molecule is Cc1n[nH]c(C)c1CC(=O)N1CCCN(C(=O)C(C)n2cccn2)CC1. The Morgan fingerprint density at radius 2 is 1.92 bits per heavy atom. The maximum Gasteiger partial charge on any atom is 0.247 e. The molecular weight excluding hydrogens is 332 g/mol. The molecule has 0 bridgehead atoms. The Kier molecular flexibility index (Phi) is 5.39. The summed E-state index contributed by atoms with van der Waals surface area (Å²) in [6.45, 7) is 8.15. The van der Waals surface area contributed by atoms with Gasteiger partial charge in [-0.3, -0.25) is 19.4 Å². The van der Waals surface area contributed by atoms with E-state index < -0.39 is 0 Å². The Morgan fingerprint density at radius 3 is 2.58 bits per heavy atom. The smallest absolute Gasteiger partial charge is 0.247 e. The van der Waals surface area contributed by atoms with E-state index in [9.17, 15) is 9.59 Å². The van der Waals surface area contributed by atoms with Gasteiger partial charge < -0.3 is 9.80 Å². The first-order valence-electron chi connectivity index (χ1n) is 9.03. The van der Waals surface area contributed by atoms with Gasteiger partial charge in [-0.1, -0.05) is 0 Å². The van der Waals surface area contributed by atoms with Crippen molar-refractivity contribution in [2.45, 2.75) is 39.7 Å². The van der Waals surface area contributed by atoms with Crippen LogP contribution in [-0.4, -0.2) is 67.8 Å². The predicted octanol–water partition coefficient (Wildman–Crippen LogP) is 1.09. The number of H-pyrrole nitrogens is 1. The second-order valence-corrected chi connectivity index (χ2v) is 6.81. The van der Waals surface area contributed by atoms with Crippen LogP contribution in [0.25, 0.3) is 0 Å². The maximum absolute atomic E-state index is 12.7. The van der Waals surface area contributed by atoms with E-state index in [1.807, 2.05) is 36.6 Å². The van der Waals surface area contributed by atoms with Crippen LogP contribution in [0.2, 0.25) is 0 Å². The minimum atomic E-state index is -0.330. The Labute approximate surface area is 153 Å². The molecule has 8 heteroatoms. The molecule has 0 spiro atoms. The first kappa shape index (κ1) is 18.2. The number of carbonyl (C=O) groups excluding carboxylic acids is 2. The summed E-state index contributed by atoms with van der Waals surface area (Å²) >= 11 is 0. The van der Waals surface area contributed by atoms with Crippen LogP contribution in [0.1, 0.15) is 36.3 Å². The highest BCUT2D eigenvalue weighted by Gasteiger charge is 2.26. The summed E-state index contributed by atoms with van der Waals surface area (Å²) in [6, 6.07) is 1.48. The summed E-state index contributed by atoms with van der Waals surface area (Å²) in [7, 11) is 0. The van der Waals surface area contributed by atoms with Crippen molar-refractivity contribution in [3.8, 4) is 0 Å². The highest BCUT2D eigenvalue weighted by Crippen LogP contribution is 2.15. The standard InChI is InChI=1S/C18H26N6O2/c1-13-16(14(2)21-20-13)12-17(25)22-7-5-8-23(11-10-22)18(26)15(3)24-9-4-6-19-24/h4,6,9,15H,5,7-8,10-12H2,1-3H3,(H,20,21). The van der Waals surface area contributed by atoms with E-state index in [4.69, 9.17) is 0 Å². The fraction of sp³-hybridized carbons (Fsp3) is 0.556. The van der Waals surface area contributed by atoms with Crippen molar-refractivity contribution in [1.29, 1.82) is 0 Å². The summed E-state index contributed by atoms with van der Waals surface area (Å²) in [4.78, 5) is 29.1. The molecule has 0 radical (unpaired) electrons. The Morgan fingerprint density at radius 1 is 1.19 bits per heavy atom. The predicted molar refractivity (Wildman–Crippen MR) is 96.5 cm³/mol. The summed E-state index contributed by atoms with van der Waals surface area (Å²) < 4.78 is 1.67. The second kappa shape index (κ2) is 7.72. The van der Waals surface area contributed by atoms with E-state index in [2.05, 4.69) is 15.3 Å². The summed E-state index contributed by atoms with van der Waals surface area (Å²) in [5, 5.41) is 11.2. The van der Waals surface area contributed by atoms with E-state index in [0.717, 1.165) is 23.4 Å². The van der Waals surface area contributed by atoms with Gasteiger partial charge in [0.05, 0.1) is 12.1 Å². The number of aryl methyl sites for hydroxylation is 2. The third-order valence-electron chi connectivity index (χ3n) is 5.05. The van der Waals surface area contributed by atoms with Crippen LogP contribution in [-0.2, 0) is 16.0 Å². The zero-order chi connectivity index (χ0) is 18.7. The van der Waals surface area contributed by atoms with Gasteiger partial charge in [0.2, 0.25) is 11.8 Å². The fourth-order valence-electron chi connectivity index (χ4n) is 3.37. The molecule has 26 heavy (non-hydrogen) atoms. The molecular formula is C18H26N6O2. The van der Waals surface area contributed by atoms with Crippen molar-refractivity contribution >= 4 is 11.8 Å². The highest BCUT2D eigenvalue weighted by atomic mass is 16.2. The van der Waals surface area contributed by atoms with Gasteiger partial charge in [0.15, 0.2) is 0 Å². The zero-order valence-corrected chi connectivity index (χ0v) is 15.6. The van der Waals surface area contributed by atoms with Crippen molar-refractivity contribution < 1.29 is 9.59 Å². The van der Waals surface area contributed by atoms with E-state index in [-0.39, 0.29) is 17.9 Å². The van der Waals surface area contributed by atoms with Crippen LogP contribution in [0.15, 0.2) is 18.5 Å². The van der Waals surface area contributed by atoms with Gasteiger partial charge in [0.1, 0.15) is 6.04 Å². The molecule has 3 rings (SSSR count). The van der Waals surface area contributed by atoms with Gasteiger partial charge in [-0.25, -0.2) is 0 Å². The van der Waals surface area contributed by atoms with Gasteiger partial charge >= 0.3 is 0 Å². The number of hydrogen-bond acceptors (Lipinski definition) is 4. The topological polar surface area (TPSA) is 87.1 Å². The number of aromatic amines is 1. The van der Waals surface area contributed by atoms with Gasteiger partial charge in [-0.05, 0) is 33.3 Å². The average molecular weight is 358 g/mol. The van der Waals surface area contributed by atoms with Crippen molar-refractivity contribution in [3.63, 3.8) is 0 Å². The average Bonchev–Trinajstić information content (AvgIpc) is 3.19. The Bertz CT molecular complexity index is 747. The number of nitrogens with one attached hydrogen (secondary N) is 1. The number of nitrogens with zero attached hydrogens (tertiary/aromatic N) is 5. The summed E-state index contributed by atoms with van der Waals surface area (Å²) in [6.07, 6.45) is 4.61. The Hall–Kier alpha value is -2.64. The lowest BCUT2D eigenvalue weighted by molar-refractivity contribution is -0.135. The summed E-state index contributed by atoms with van der Waals surface area (Å²) in [5.74, 6) is 0.136. The molecule has 2 aromatic rings.